The number of aromatic nitrogens is 2. The first-order valence-corrected chi connectivity index (χ1v) is 13.5. The van der Waals surface area contributed by atoms with Gasteiger partial charge in [0.15, 0.2) is 12.1 Å². The summed E-state index contributed by atoms with van der Waals surface area (Å²) in [4.78, 5) is 20.3. The van der Waals surface area contributed by atoms with Crippen LogP contribution in [0, 0.1) is 11.7 Å². The average molecular weight is 528 g/mol. The number of hydrogen-bond acceptors (Lipinski definition) is 6. The molecule has 8 heteroatoms. The van der Waals surface area contributed by atoms with E-state index < -0.39 is 6.04 Å². The second kappa shape index (κ2) is 10.6. The number of hydrogen-bond donors (Lipinski definition) is 0. The molecule has 3 aliphatic rings. The van der Waals surface area contributed by atoms with Gasteiger partial charge in [-0.1, -0.05) is 53.7 Å². The second-order valence-corrected chi connectivity index (χ2v) is 10.7. The van der Waals surface area contributed by atoms with Gasteiger partial charge in [0.05, 0.1) is 13.1 Å². The fourth-order valence-electron chi connectivity index (χ4n) is 6.09. The summed E-state index contributed by atoms with van der Waals surface area (Å²) in [6.45, 7) is 3.39. The minimum absolute atomic E-state index is 0.187. The lowest BCUT2D eigenvalue weighted by molar-refractivity contribution is -0.958. The number of nitrogens with zero attached hydrogens (tertiary/aromatic N) is 4. The fraction of sp³-hybridized carbons (Fsp3) is 0.323. The first-order valence-electron chi connectivity index (χ1n) is 13.5. The maximum absolute atomic E-state index is 13.8. The average Bonchev–Trinajstić information content (AvgIpc) is 3.43. The van der Waals surface area contributed by atoms with Gasteiger partial charge in [0.1, 0.15) is 18.9 Å². The van der Waals surface area contributed by atoms with E-state index in [0.29, 0.717) is 24.2 Å². The summed E-state index contributed by atoms with van der Waals surface area (Å²) in [6.07, 6.45) is 1.80. The van der Waals surface area contributed by atoms with Crippen LogP contribution in [0.3, 0.4) is 0 Å². The Balaban J connectivity index is 1.19. The van der Waals surface area contributed by atoms with Crippen LogP contribution < -0.4 is 4.90 Å². The van der Waals surface area contributed by atoms with Crippen LogP contribution in [0.5, 0.6) is 0 Å². The summed E-state index contributed by atoms with van der Waals surface area (Å²) in [7, 11) is 1.84. The summed E-state index contributed by atoms with van der Waals surface area (Å²) in [5, 5.41) is 4.27. The number of benzene rings is 3. The molecule has 3 aliphatic heterocycles. The number of likely N-dealkylation sites (N-methyl/N-ethyl adjacent to an activating group) is 1. The summed E-state index contributed by atoms with van der Waals surface area (Å²) < 4.78 is 26.2. The van der Waals surface area contributed by atoms with Crippen LogP contribution in [0.2, 0.25) is 0 Å². The van der Waals surface area contributed by atoms with Gasteiger partial charge in [-0.05, 0) is 42.0 Å². The van der Waals surface area contributed by atoms with E-state index in [1.165, 1.54) is 12.1 Å². The lowest BCUT2D eigenvalue weighted by atomic mass is 9.83. The molecular formula is C31H32FN4O3+. The molecule has 1 unspecified atom stereocenters. The standard InChI is InChI=1S/C31H32FN4O3/c1-35(26-14-12-25(32)13-15-26)29(23-8-4-2-5-9-23)31(37)38-27-20-36(18-16-22(27)17-19-36)21-28-33-30(39-34-28)24-10-6-3-7-11-24/h2-15,22,27,29H,16-21H2,1H3/q+1/t22?,27-,29?,36?/m0/s1. The van der Waals surface area contributed by atoms with Crippen molar-refractivity contribution in [3.05, 3.63) is 102 Å². The number of rotatable bonds is 8. The Labute approximate surface area is 227 Å². The van der Waals surface area contributed by atoms with Gasteiger partial charge in [-0.2, -0.15) is 4.98 Å². The van der Waals surface area contributed by atoms with Crippen molar-refractivity contribution in [2.24, 2.45) is 5.92 Å². The maximum Gasteiger partial charge on any atom is 0.333 e. The van der Waals surface area contributed by atoms with Crippen LogP contribution in [-0.2, 0) is 16.1 Å². The van der Waals surface area contributed by atoms with Gasteiger partial charge in [0.25, 0.3) is 5.89 Å². The first-order chi connectivity index (χ1) is 19.0. The number of esters is 1. The quantitative estimate of drug-likeness (QED) is 0.226. The molecule has 200 valence electrons. The number of carbonyl (C=O) groups is 1. The summed E-state index contributed by atoms with van der Waals surface area (Å²) in [6, 6.07) is 24.9. The Kier molecular flexibility index (Phi) is 6.87. The Morgan fingerprint density at radius 3 is 2.38 bits per heavy atom. The minimum Gasteiger partial charge on any atom is -0.454 e. The molecule has 39 heavy (non-hydrogen) atoms. The molecule has 4 aromatic rings. The van der Waals surface area contributed by atoms with Crippen molar-refractivity contribution in [3.8, 4) is 11.5 Å². The largest absolute Gasteiger partial charge is 0.454 e. The van der Waals surface area contributed by atoms with Gasteiger partial charge in [0, 0.05) is 37.1 Å². The molecule has 1 aromatic heterocycles. The van der Waals surface area contributed by atoms with Crippen LogP contribution in [-0.4, -0.2) is 53.4 Å². The molecule has 3 aromatic carbocycles. The molecule has 0 aliphatic carbocycles. The van der Waals surface area contributed by atoms with Crippen molar-refractivity contribution < 1.29 is 22.9 Å². The highest BCUT2D eigenvalue weighted by Gasteiger charge is 2.49. The van der Waals surface area contributed by atoms with Crippen molar-refractivity contribution in [2.75, 3.05) is 31.6 Å². The van der Waals surface area contributed by atoms with Crippen LogP contribution in [0.25, 0.3) is 11.5 Å². The Morgan fingerprint density at radius 2 is 1.69 bits per heavy atom. The number of halogens is 1. The van der Waals surface area contributed by atoms with Crippen molar-refractivity contribution in [1.82, 2.24) is 10.1 Å². The molecule has 3 fully saturated rings. The van der Waals surface area contributed by atoms with Crippen molar-refractivity contribution >= 4 is 11.7 Å². The molecule has 7 nitrogen and oxygen atoms in total. The Hall–Kier alpha value is -4.04. The van der Waals surface area contributed by atoms with Crippen LogP contribution in [0.1, 0.15) is 30.3 Å². The summed E-state index contributed by atoms with van der Waals surface area (Å²) in [5.74, 6) is 0.929. The monoisotopic (exact) mass is 527 g/mol. The molecule has 4 heterocycles. The Morgan fingerprint density at radius 1 is 1.03 bits per heavy atom. The topological polar surface area (TPSA) is 68.5 Å². The SMILES string of the molecule is CN(c1ccc(F)cc1)C(C(=O)O[C@H]1C[N+]2(Cc3noc(-c4ccccc4)n3)CCC1CC2)c1ccccc1. The minimum atomic E-state index is -0.647. The van der Waals surface area contributed by atoms with Gasteiger partial charge < -0.3 is 18.6 Å². The second-order valence-electron chi connectivity index (χ2n) is 10.7. The summed E-state index contributed by atoms with van der Waals surface area (Å²) in [5.41, 5.74) is 2.48. The fourth-order valence-corrected chi connectivity index (χ4v) is 6.09. The van der Waals surface area contributed by atoms with Crippen molar-refractivity contribution in [3.63, 3.8) is 0 Å². The van der Waals surface area contributed by atoms with Crippen LogP contribution >= 0.6 is 0 Å². The maximum atomic E-state index is 13.8. The van der Waals surface area contributed by atoms with E-state index in [4.69, 9.17) is 9.26 Å². The van der Waals surface area contributed by atoms with Gasteiger partial charge in [-0.15, -0.1) is 0 Å². The summed E-state index contributed by atoms with van der Waals surface area (Å²) >= 11 is 0. The van der Waals surface area contributed by atoms with Gasteiger partial charge >= 0.3 is 5.97 Å². The smallest absolute Gasteiger partial charge is 0.333 e. The zero-order valence-electron chi connectivity index (χ0n) is 21.9. The number of piperidine rings is 3. The number of ether oxygens (including phenoxy) is 1. The first kappa shape index (κ1) is 25.2. The van der Waals surface area contributed by atoms with E-state index in [1.54, 1.807) is 12.1 Å². The highest BCUT2D eigenvalue weighted by atomic mass is 19.1. The molecule has 0 radical (unpaired) electrons. The van der Waals surface area contributed by atoms with E-state index in [1.807, 2.05) is 72.6 Å². The molecule has 0 saturated carbocycles. The number of quaternary nitrogens is 1. The van der Waals surface area contributed by atoms with Crippen LogP contribution in [0.15, 0.2) is 89.5 Å². The lowest BCUT2D eigenvalue weighted by Crippen LogP contribution is -2.64. The third-order valence-electron chi connectivity index (χ3n) is 8.23. The van der Waals surface area contributed by atoms with Crippen molar-refractivity contribution in [2.45, 2.75) is 31.5 Å². The predicted molar refractivity (Wildman–Crippen MR) is 145 cm³/mol. The highest BCUT2D eigenvalue weighted by Crippen LogP contribution is 2.38. The zero-order chi connectivity index (χ0) is 26.8. The number of fused-ring (bicyclic) bond motifs is 3. The molecule has 3 saturated heterocycles. The van der Waals surface area contributed by atoms with Gasteiger partial charge in [-0.3, -0.25) is 0 Å². The van der Waals surface area contributed by atoms with Gasteiger partial charge in [0.2, 0.25) is 5.82 Å². The van der Waals surface area contributed by atoms with Gasteiger partial charge in [-0.25, -0.2) is 9.18 Å². The van der Waals surface area contributed by atoms with E-state index in [2.05, 4.69) is 10.1 Å². The third-order valence-corrected chi connectivity index (χ3v) is 8.23. The zero-order valence-corrected chi connectivity index (χ0v) is 21.9. The Bertz CT molecular complexity index is 1400. The third kappa shape index (κ3) is 5.29. The van der Waals surface area contributed by atoms with E-state index in [-0.39, 0.29) is 17.9 Å². The molecule has 0 amide bonds. The predicted octanol–water partition coefficient (Wildman–Crippen LogP) is 5.41. The highest BCUT2D eigenvalue weighted by molar-refractivity contribution is 5.82. The van der Waals surface area contributed by atoms with E-state index in [9.17, 15) is 9.18 Å². The molecule has 0 N–H and O–H groups in total. The number of anilines is 1. The normalized spacial score (nSPS) is 22.8. The van der Waals surface area contributed by atoms with Crippen molar-refractivity contribution in [1.29, 1.82) is 0 Å². The molecule has 7 rings (SSSR count). The molecule has 0 spiro atoms. The number of carbonyl (C=O) groups excluding carboxylic acids is 1. The molecule has 2 bridgehead atoms. The van der Waals surface area contributed by atoms with E-state index >= 15 is 0 Å². The lowest BCUT2D eigenvalue weighted by Gasteiger charge is -2.51. The van der Waals surface area contributed by atoms with E-state index in [0.717, 1.165) is 53.8 Å². The molecule has 2 atom stereocenters. The van der Waals surface area contributed by atoms with Crippen LogP contribution in [0.4, 0.5) is 10.1 Å². The molecular weight excluding hydrogens is 495 g/mol.